The molecule has 182 valence electrons. The predicted molar refractivity (Wildman–Crippen MR) is 125 cm³/mol. The van der Waals surface area contributed by atoms with Gasteiger partial charge in [-0.05, 0) is 24.8 Å². The van der Waals surface area contributed by atoms with E-state index in [1.54, 1.807) is 34.6 Å². The second-order valence-electron chi connectivity index (χ2n) is 7.90. The maximum Gasteiger partial charge on any atom is 0.271 e. The Kier molecular flexibility index (Phi) is 11.9. The Balaban J connectivity index is 2.09. The van der Waals surface area contributed by atoms with E-state index >= 15 is 0 Å². The van der Waals surface area contributed by atoms with Crippen molar-refractivity contribution in [2.75, 3.05) is 54.7 Å². The summed E-state index contributed by atoms with van der Waals surface area (Å²) in [6.07, 6.45) is 9.92. The third-order valence-electron chi connectivity index (χ3n) is 5.76. The zero-order chi connectivity index (χ0) is 23.3. The van der Waals surface area contributed by atoms with E-state index in [0.717, 1.165) is 37.0 Å². The summed E-state index contributed by atoms with van der Waals surface area (Å²) in [5, 5.41) is 6.14. The number of methoxy groups -OCH3 is 4. The van der Waals surface area contributed by atoms with Crippen LogP contribution < -0.4 is 10.6 Å². The van der Waals surface area contributed by atoms with E-state index in [1.165, 1.54) is 0 Å². The smallest absolute Gasteiger partial charge is 0.271 e. The number of amides is 1. The molecule has 8 nitrogen and oxygen atoms in total. The number of hydrogen-bond acceptors (Lipinski definition) is 7. The number of carbonyl (C=O) groups excluding carboxylic acids is 1. The van der Waals surface area contributed by atoms with Crippen LogP contribution in [0.25, 0.3) is 0 Å². The van der Waals surface area contributed by atoms with Crippen LogP contribution in [-0.2, 0) is 23.7 Å². The summed E-state index contributed by atoms with van der Waals surface area (Å²) in [7, 11) is 6.78. The van der Waals surface area contributed by atoms with Gasteiger partial charge in [0.05, 0.1) is 25.1 Å². The lowest BCUT2D eigenvalue weighted by molar-refractivity contribution is -0.127. The van der Waals surface area contributed by atoms with Gasteiger partial charge in [-0.2, -0.15) is 0 Å². The monoisotopic (exact) mass is 471 g/mol. The van der Waals surface area contributed by atoms with Gasteiger partial charge < -0.3 is 34.5 Å². The lowest BCUT2D eigenvalue weighted by Gasteiger charge is -2.31. The van der Waals surface area contributed by atoms with Crippen LogP contribution in [-0.4, -0.2) is 83.2 Å². The Labute approximate surface area is 196 Å². The molecule has 0 aromatic heterocycles. The molecule has 1 amide bonds. The van der Waals surface area contributed by atoms with E-state index in [0.29, 0.717) is 38.4 Å². The fourth-order valence-electron chi connectivity index (χ4n) is 3.80. The number of alkyl halides is 1. The zero-order valence-corrected chi connectivity index (χ0v) is 20.5. The van der Waals surface area contributed by atoms with Gasteiger partial charge >= 0.3 is 0 Å². The minimum atomic E-state index is -0.229. The first-order valence-corrected chi connectivity index (χ1v) is 11.6. The SMILES string of the molecule is COCCC(/C=C\CCN(CC1=C(OC)CC(OC)CC1)C(=O)C1=CN[C@@H](Cl)CN1)OC. The molecular formula is C23H38ClN3O5. The Morgan fingerprint density at radius 2 is 2.16 bits per heavy atom. The van der Waals surface area contributed by atoms with Crippen molar-refractivity contribution in [3.05, 3.63) is 35.4 Å². The molecule has 0 aromatic carbocycles. The van der Waals surface area contributed by atoms with Crippen LogP contribution in [0.5, 0.6) is 0 Å². The summed E-state index contributed by atoms with van der Waals surface area (Å²) in [5.74, 6) is 0.856. The molecule has 1 aliphatic heterocycles. The van der Waals surface area contributed by atoms with Crippen molar-refractivity contribution in [2.45, 2.75) is 49.8 Å². The molecular weight excluding hydrogens is 434 g/mol. The normalized spacial score (nSPS) is 22.2. The minimum Gasteiger partial charge on any atom is -0.501 e. The summed E-state index contributed by atoms with van der Waals surface area (Å²) in [6, 6.07) is 0. The maximum atomic E-state index is 13.3. The third-order valence-corrected chi connectivity index (χ3v) is 6.04. The molecule has 0 saturated heterocycles. The van der Waals surface area contributed by atoms with Gasteiger partial charge in [-0.15, -0.1) is 0 Å². The highest BCUT2D eigenvalue weighted by Crippen LogP contribution is 2.28. The summed E-state index contributed by atoms with van der Waals surface area (Å²) in [6.45, 7) is 2.22. The Hall–Kier alpha value is -1.74. The highest BCUT2D eigenvalue weighted by Gasteiger charge is 2.27. The summed E-state index contributed by atoms with van der Waals surface area (Å²) in [4.78, 5) is 15.1. The van der Waals surface area contributed by atoms with Crippen LogP contribution in [0.1, 0.15) is 32.1 Å². The fourth-order valence-corrected chi connectivity index (χ4v) is 3.94. The zero-order valence-electron chi connectivity index (χ0n) is 19.7. The van der Waals surface area contributed by atoms with Crippen LogP contribution in [0.15, 0.2) is 35.4 Å². The van der Waals surface area contributed by atoms with Crippen molar-refractivity contribution < 1.29 is 23.7 Å². The third kappa shape index (κ3) is 8.31. The number of halogens is 1. The largest absolute Gasteiger partial charge is 0.501 e. The number of ether oxygens (including phenoxy) is 4. The molecule has 0 radical (unpaired) electrons. The van der Waals surface area contributed by atoms with E-state index in [9.17, 15) is 4.79 Å². The summed E-state index contributed by atoms with van der Waals surface area (Å²) < 4.78 is 21.7. The highest BCUT2D eigenvalue weighted by atomic mass is 35.5. The van der Waals surface area contributed by atoms with Crippen LogP contribution in [0.4, 0.5) is 0 Å². The second kappa shape index (κ2) is 14.4. The average molecular weight is 472 g/mol. The van der Waals surface area contributed by atoms with E-state index in [1.807, 2.05) is 11.0 Å². The van der Waals surface area contributed by atoms with Crippen LogP contribution in [0.2, 0.25) is 0 Å². The molecule has 0 aromatic rings. The van der Waals surface area contributed by atoms with Gasteiger partial charge in [-0.3, -0.25) is 4.79 Å². The molecule has 2 N–H and O–H groups in total. The molecule has 9 heteroatoms. The van der Waals surface area contributed by atoms with E-state index in [4.69, 9.17) is 30.5 Å². The van der Waals surface area contributed by atoms with Gasteiger partial charge in [0, 0.05) is 66.6 Å². The van der Waals surface area contributed by atoms with E-state index in [2.05, 4.69) is 16.7 Å². The van der Waals surface area contributed by atoms with Gasteiger partial charge in [0.15, 0.2) is 0 Å². The van der Waals surface area contributed by atoms with Crippen molar-refractivity contribution in [1.29, 1.82) is 0 Å². The first-order valence-electron chi connectivity index (χ1n) is 11.1. The van der Waals surface area contributed by atoms with E-state index < -0.39 is 0 Å². The first kappa shape index (κ1) is 26.5. The molecule has 2 aliphatic rings. The summed E-state index contributed by atoms with van der Waals surface area (Å²) in [5.41, 5.74) is 1.44. The van der Waals surface area contributed by atoms with Gasteiger partial charge in [-0.25, -0.2) is 0 Å². The standard InChI is InChI=1S/C23H38ClN3O5/c1-29-12-10-18(30-2)7-5-6-11-27(23(28)20-14-26-22(24)15-25-20)16-17-8-9-19(31-3)13-21(17)32-4/h5,7,14,18-19,22,25-26H,6,8-13,15-16H2,1-4H3/b7-5-/t18?,19?,22-/m1/s1. The number of rotatable bonds is 13. The second-order valence-corrected chi connectivity index (χ2v) is 8.43. The van der Waals surface area contributed by atoms with Gasteiger partial charge in [-0.1, -0.05) is 23.8 Å². The number of nitrogens with one attached hydrogen (secondary N) is 2. The quantitative estimate of drug-likeness (QED) is 0.242. The Bertz CT molecular complexity index is 683. The van der Waals surface area contributed by atoms with Crippen LogP contribution in [0.3, 0.4) is 0 Å². The number of hydrogen-bond donors (Lipinski definition) is 2. The van der Waals surface area contributed by atoms with Crippen LogP contribution in [0, 0.1) is 0 Å². The highest BCUT2D eigenvalue weighted by molar-refractivity contribution is 6.20. The summed E-state index contributed by atoms with van der Waals surface area (Å²) >= 11 is 6.06. The molecule has 32 heavy (non-hydrogen) atoms. The molecule has 1 heterocycles. The number of carbonyl (C=O) groups is 1. The van der Waals surface area contributed by atoms with Crippen molar-refractivity contribution in [3.8, 4) is 0 Å². The predicted octanol–water partition coefficient (Wildman–Crippen LogP) is 2.51. The first-order chi connectivity index (χ1) is 15.5. The van der Waals surface area contributed by atoms with Crippen molar-refractivity contribution in [3.63, 3.8) is 0 Å². The fraction of sp³-hybridized carbons (Fsp3) is 0.696. The lowest BCUT2D eigenvalue weighted by atomic mass is 9.94. The molecule has 2 rings (SSSR count). The average Bonchev–Trinajstić information content (AvgIpc) is 2.82. The topological polar surface area (TPSA) is 81.3 Å². The molecule has 3 atom stereocenters. The lowest BCUT2D eigenvalue weighted by Crippen LogP contribution is -2.45. The van der Waals surface area contributed by atoms with Crippen LogP contribution >= 0.6 is 11.6 Å². The van der Waals surface area contributed by atoms with Gasteiger partial charge in [0.1, 0.15) is 11.2 Å². The number of nitrogens with zero attached hydrogens (tertiary/aromatic N) is 1. The van der Waals surface area contributed by atoms with Crippen molar-refractivity contribution in [2.24, 2.45) is 0 Å². The maximum absolute atomic E-state index is 13.3. The molecule has 2 unspecified atom stereocenters. The molecule has 0 fully saturated rings. The molecule has 1 aliphatic carbocycles. The van der Waals surface area contributed by atoms with E-state index in [-0.39, 0.29) is 23.6 Å². The van der Waals surface area contributed by atoms with Gasteiger partial charge in [0.25, 0.3) is 5.91 Å². The molecule has 0 saturated carbocycles. The Morgan fingerprint density at radius 3 is 2.78 bits per heavy atom. The molecule has 0 spiro atoms. The minimum absolute atomic E-state index is 0.00111. The van der Waals surface area contributed by atoms with Crippen molar-refractivity contribution >= 4 is 17.5 Å². The van der Waals surface area contributed by atoms with Gasteiger partial charge in [0.2, 0.25) is 0 Å². The van der Waals surface area contributed by atoms with Crippen molar-refractivity contribution in [1.82, 2.24) is 15.5 Å². The Morgan fingerprint density at radius 1 is 1.34 bits per heavy atom. The molecule has 0 bridgehead atoms.